The zero-order valence-electron chi connectivity index (χ0n) is 17.9. The van der Waals surface area contributed by atoms with Crippen molar-refractivity contribution in [2.75, 3.05) is 18.1 Å². The normalized spacial score (nSPS) is 16.6. The molecule has 1 aliphatic heterocycles. The van der Waals surface area contributed by atoms with Gasteiger partial charge in [-0.05, 0) is 6.42 Å². The van der Waals surface area contributed by atoms with Gasteiger partial charge >= 0.3 is 0 Å². The van der Waals surface area contributed by atoms with Gasteiger partial charge in [-0.15, -0.1) is 0 Å². The molecule has 1 heterocycles. The van der Waals surface area contributed by atoms with Crippen LogP contribution in [0.1, 0.15) is 46.0 Å². The number of Topliss-reactive ketones (excluding diaryl/α,β-unsaturated/α-hetero) is 1. The molecule has 32 heavy (non-hydrogen) atoms. The molecule has 2 unspecified atom stereocenters. The number of carbonyl (C=O) groups is 7. The summed E-state index contributed by atoms with van der Waals surface area (Å²) in [5.41, 5.74) is 0. The molecule has 1 saturated heterocycles. The second-order valence-corrected chi connectivity index (χ2v) is 8.97. The van der Waals surface area contributed by atoms with E-state index in [-0.39, 0.29) is 52.6 Å². The van der Waals surface area contributed by atoms with Gasteiger partial charge in [-0.2, -0.15) is 5.06 Å². The monoisotopic (exact) mass is 489 g/mol. The molecule has 4 amide bonds. The molecular formula is C19H27N3O8S2. The van der Waals surface area contributed by atoms with E-state index in [0.29, 0.717) is 6.42 Å². The van der Waals surface area contributed by atoms with Crippen LogP contribution in [0.15, 0.2) is 0 Å². The Labute approximate surface area is 193 Å². The molecule has 0 saturated carbocycles. The van der Waals surface area contributed by atoms with Gasteiger partial charge in [0.15, 0.2) is 10.2 Å². The SMILES string of the molecule is CCC(=O)SCC(=O)NCC(CCC(=O)C1CC(=O)N(O)C1=O)NC(=O)CSC(=O)CC. The predicted octanol–water partition coefficient (Wildman–Crippen LogP) is 0.0406. The van der Waals surface area contributed by atoms with Gasteiger partial charge in [-0.1, -0.05) is 37.4 Å². The smallest absolute Gasteiger partial charge is 0.264 e. The van der Waals surface area contributed by atoms with Crippen molar-refractivity contribution in [2.24, 2.45) is 5.92 Å². The van der Waals surface area contributed by atoms with E-state index in [9.17, 15) is 38.8 Å². The van der Waals surface area contributed by atoms with E-state index in [1.807, 2.05) is 0 Å². The Morgan fingerprint density at radius 3 is 2.09 bits per heavy atom. The number of nitrogens with one attached hydrogen (secondary N) is 2. The minimum absolute atomic E-state index is 0.0329. The fraction of sp³-hybridized carbons (Fsp3) is 0.632. The van der Waals surface area contributed by atoms with Crippen molar-refractivity contribution in [2.45, 2.75) is 52.0 Å². The van der Waals surface area contributed by atoms with Crippen LogP contribution in [0.25, 0.3) is 0 Å². The van der Waals surface area contributed by atoms with Crippen molar-refractivity contribution in [3.8, 4) is 0 Å². The minimum atomic E-state index is -1.27. The fourth-order valence-corrected chi connectivity index (χ4v) is 3.82. The van der Waals surface area contributed by atoms with Gasteiger partial charge < -0.3 is 10.6 Å². The molecule has 1 rings (SSSR count). The van der Waals surface area contributed by atoms with Crippen molar-refractivity contribution in [1.82, 2.24) is 15.7 Å². The Bertz CT molecular complexity index is 774. The summed E-state index contributed by atoms with van der Waals surface area (Å²) in [5, 5.41) is 14.1. The molecule has 0 aromatic rings. The summed E-state index contributed by atoms with van der Waals surface area (Å²) in [4.78, 5) is 82.3. The third-order valence-corrected chi connectivity index (χ3v) is 6.50. The average Bonchev–Trinajstić information content (AvgIpc) is 3.04. The van der Waals surface area contributed by atoms with Crippen LogP contribution < -0.4 is 10.6 Å². The summed E-state index contributed by atoms with van der Waals surface area (Å²) < 4.78 is 0. The Hall–Kier alpha value is -2.25. The van der Waals surface area contributed by atoms with Gasteiger partial charge in [-0.25, -0.2) is 0 Å². The van der Waals surface area contributed by atoms with E-state index >= 15 is 0 Å². The lowest BCUT2D eigenvalue weighted by molar-refractivity contribution is -0.172. The molecule has 0 aliphatic carbocycles. The highest BCUT2D eigenvalue weighted by Gasteiger charge is 2.42. The number of hydrogen-bond donors (Lipinski definition) is 3. The lowest BCUT2D eigenvalue weighted by atomic mass is 9.96. The lowest BCUT2D eigenvalue weighted by Crippen LogP contribution is -2.45. The highest BCUT2D eigenvalue weighted by Crippen LogP contribution is 2.21. The molecule has 0 aromatic carbocycles. The standard InChI is InChI=1S/C19H27N3O8S2/c1-3-17(27)31-9-14(24)20-8-11(21-15(25)10-32-18(28)4-2)5-6-13(23)12-7-16(26)22(30)19(12)29/h11-12,30H,3-10H2,1-2H3,(H,20,24)(H,21,25). The number of amides is 4. The predicted molar refractivity (Wildman–Crippen MR) is 116 cm³/mol. The number of carbonyl (C=O) groups excluding carboxylic acids is 7. The molecule has 3 N–H and O–H groups in total. The largest absolute Gasteiger partial charge is 0.353 e. The van der Waals surface area contributed by atoms with Crippen molar-refractivity contribution in [3.05, 3.63) is 0 Å². The van der Waals surface area contributed by atoms with E-state index < -0.39 is 47.8 Å². The van der Waals surface area contributed by atoms with E-state index in [0.717, 1.165) is 23.5 Å². The van der Waals surface area contributed by atoms with Gasteiger partial charge in [0, 0.05) is 38.3 Å². The highest BCUT2D eigenvalue weighted by atomic mass is 32.2. The number of hydrogen-bond acceptors (Lipinski definition) is 10. The highest BCUT2D eigenvalue weighted by molar-refractivity contribution is 8.14. The molecule has 0 radical (unpaired) electrons. The van der Waals surface area contributed by atoms with Crippen LogP contribution in [0.3, 0.4) is 0 Å². The van der Waals surface area contributed by atoms with Crippen molar-refractivity contribution >= 4 is 63.2 Å². The summed E-state index contributed by atoms with van der Waals surface area (Å²) in [7, 11) is 0. The topological polar surface area (TPSA) is 167 Å². The maximum atomic E-state index is 12.3. The van der Waals surface area contributed by atoms with Crippen molar-refractivity contribution < 1.29 is 38.8 Å². The Balaban J connectivity index is 2.64. The second kappa shape index (κ2) is 14.0. The van der Waals surface area contributed by atoms with Crippen LogP contribution in [0.5, 0.6) is 0 Å². The van der Waals surface area contributed by atoms with E-state index in [4.69, 9.17) is 0 Å². The minimum Gasteiger partial charge on any atom is -0.353 e. The number of rotatable bonds is 13. The van der Waals surface area contributed by atoms with Crippen LogP contribution in [0, 0.1) is 5.92 Å². The molecular weight excluding hydrogens is 462 g/mol. The average molecular weight is 490 g/mol. The molecule has 0 spiro atoms. The van der Waals surface area contributed by atoms with Crippen LogP contribution in [-0.4, -0.2) is 74.0 Å². The van der Waals surface area contributed by atoms with Crippen molar-refractivity contribution in [3.63, 3.8) is 0 Å². The number of ketones is 1. The summed E-state index contributed by atoms with van der Waals surface area (Å²) >= 11 is 1.72. The molecule has 0 bridgehead atoms. The first-order chi connectivity index (χ1) is 15.1. The van der Waals surface area contributed by atoms with Crippen LogP contribution in [-0.2, 0) is 33.6 Å². The van der Waals surface area contributed by atoms with Gasteiger partial charge in [0.2, 0.25) is 11.8 Å². The van der Waals surface area contributed by atoms with Crippen LogP contribution >= 0.6 is 23.5 Å². The first-order valence-electron chi connectivity index (χ1n) is 10.0. The maximum absolute atomic E-state index is 12.3. The molecule has 178 valence electrons. The molecule has 11 nitrogen and oxygen atoms in total. The number of nitrogens with zero attached hydrogens (tertiary/aromatic N) is 1. The second-order valence-electron chi connectivity index (χ2n) is 6.90. The number of thioether (sulfide) groups is 2. The summed E-state index contributed by atoms with van der Waals surface area (Å²) in [6.07, 6.45) is 0.0289. The zero-order chi connectivity index (χ0) is 24.3. The van der Waals surface area contributed by atoms with Crippen molar-refractivity contribution in [1.29, 1.82) is 0 Å². The molecule has 1 aliphatic rings. The van der Waals surface area contributed by atoms with Gasteiger partial charge in [0.1, 0.15) is 11.7 Å². The lowest BCUT2D eigenvalue weighted by Gasteiger charge is -2.19. The maximum Gasteiger partial charge on any atom is 0.264 e. The summed E-state index contributed by atoms with van der Waals surface area (Å²) in [5.74, 6) is -4.78. The molecule has 2 atom stereocenters. The Morgan fingerprint density at radius 1 is 1.03 bits per heavy atom. The number of imide groups is 1. The quantitative estimate of drug-likeness (QED) is 0.182. The van der Waals surface area contributed by atoms with Crippen LogP contribution in [0.4, 0.5) is 0 Å². The van der Waals surface area contributed by atoms with E-state index in [1.54, 1.807) is 13.8 Å². The Kier molecular flexibility index (Phi) is 12.2. The zero-order valence-corrected chi connectivity index (χ0v) is 19.5. The summed E-state index contributed by atoms with van der Waals surface area (Å²) in [6.45, 7) is 3.31. The van der Waals surface area contributed by atoms with E-state index in [2.05, 4.69) is 10.6 Å². The van der Waals surface area contributed by atoms with Crippen LogP contribution in [0.2, 0.25) is 0 Å². The fourth-order valence-electron chi connectivity index (χ4n) is 2.64. The van der Waals surface area contributed by atoms with Gasteiger partial charge in [0.05, 0.1) is 11.5 Å². The van der Waals surface area contributed by atoms with E-state index in [1.165, 1.54) is 0 Å². The Morgan fingerprint density at radius 2 is 1.59 bits per heavy atom. The number of hydroxylamine groups is 2. The van der Waals surface area contributed by atoms with Gasteiger partial charge in [0.25, 0.3) is 11.8 Å². The third-order valence-electron chi connectivity index (χ3n) is 4.47. The molecule has 0 aromatic heterocycles. The third kappa shape index (κ3) is 9.49. The first-order valence-corrected chi connectivity index (χ1v) is 12.0. The molecule has 1 fully saturated rings. The molecule has 13 heteroatoms. The first kappa shape index (κ1) is 27.8. The summed E-state index contributed by atoms with van der Waals surface area (Å²) in [6, 6.07) is -0.683. The van der Waals surface area contributed by atoms with Gasteiger partial charge in [-0.3, -0.25) is 38.8 Å².